The van der Waals surface area contributed by atoms with Gasteiger partial charge in [-0.3, -0.25) is 4.98 Å². The van der Waals surface area contributed by atoms with Crippen LogP contribution < -0.4 is 10.2 Å². The van der Waals surface area contributed by atoms with Crippen molar-refractivity contribution < 1.29 is 0 Å². The number of aryl methyl sites for hydroxylation is 1. The lowest BCUT2D eigenvalue weighted by Gasteiger charge is -2.32. The molecule has 1 aliphatic carbocycles. The van der Waals surface area contributed by atoms with E-state index in [1.54, 1.807) is 0 Å². The van der Waals surface area contributed by atoms with Gasteiger partial charge < -0.3 is 10.2 Å². The van der Waals surface area contributed by atoms with Crippen LogP contribution in [0.15, 0.2) is 30.5 Å². The molecule has 1 aliphatic heterocycles. The van der Waals surface area contributed by atoms with Gasteiger partial charge in [0.1, 0.15) is 5.82 Å². The second-order valence-electron chi connectivity index (χ2n) is 7.57. The van der Waals surface area contributed by atoms with Crippen molar-refractivity contribution >= 4 is 11.5 Å². The first-order valence-corrected chi connectivity index (χ1v) is 9.50. The third kappa shape index (κ3) is 2.74. The van der Waals surface area contributed by atoms with Gasteiger partial charge in [0.15, 0.2) is 5.65 Å². The van der Waals surface area contributed by atoms with Gasteiger partial charge in [-0.25, -0.2) is 9.50 Å². The zero-order valence-electron chi connectivity index (χ0n) is 15.3. The summed E-state index contributed by atoms with van der Waals surface area (Å²) in [5.41, 5.74) is 5.44. The molecule has 6 nitrogen and oxygen atoms in total. The van der Waals surface area contributed by atoms with Gasteiger partial charge >= 0.3 is 0 Å². The Kier molecular flexibility index (Phi) is 3.67. The number of piperazine rings is 1. The summed E-state index contributed by atoms with van der Waals surface area (Å²) in [5, 5.41) is 8.50. The Balaban J connectivity index is 1.65. The second kappa shape index (κ2) is 6.06. The van der Waals surface area contributed by atoms with Crippen molar-refractivity contribution in [2.45, 2.75) is 38.6 Å². The molecule has 0 spiro atoms. The SMILES string of the molecule is Cc1cc(-c2c(C3CC3)nc3ccc(N4CCN[C@H](C)C4)nn23)ccn1. The normalized spacial score (nSPS) is 20.7. The third-order valence-electron chi connectivity index (χ3n) is 5.32. The summed E-state index contributed by atoms with van der Waals surface area (Å²) in [6, 6.07) is 8.91. The molecule has 6 heteroatoms. The molecule has 0 aromatic carbocycles. The number of hydrogen-bond donors (Lipinski definition) is 1. The van der Waals surface area contributed by atoms with Crippen LogP contribution in [0.3, 0.4) is 0 Å². The van der Waals surface area contributed by atoms with Crippen molar-refractivity contribution in [1.29, 1.82) is 0 Å². The van der Waals surface area contributed by atoms with Gasteiger partial charge in [-0.05, 0) is 51.0 Å². The smallest absolute Gasteiger partial charge is 0.154 e. The van der Waals surface area contributed by atoms with Crippen LogP contribution in [0.5, 0.6) is 0 Å². The van der Waals surface area contributed by atoms with E-state index < -0.39 is 0 Å². The Labute approximate surface area is 153 Å². The molecule has 0 amide bonds. The molecule has 3 aromatic heterocycles. The minimum Gasteiger partial charge on any atom is -0.352 e. The minimum absolute atomic E-state index is 0.480. The molecular weight excluding hydrogens is 324 g/mol. The van der Waals surface area contributed by atoms with Gasteiger partial charge in [-0.1, -0.05) is 0 Å². The summed E-state index contributed by atoms with van der Waals surface area (Å²) in [6.45, 7) is 7.21. The highest BCUT2D eigenvalue weighted by Gasteiger charge is 2.31. The molecule has 0 bridgehead atoms. The molecule has 1 saturated heterocycles. The molecule has 0 radical (unpaired) electrons. The fourth-order valence-corrected chi connectivity index (χ4v) is 3.85. The lowest BCUT2D eigenvalue weighted by atomic mass is 10.1. The highest BCUT2D eigenvalue weighted by atomic mass is 15.3. The van der Waals surface area contributed by atoms with Crippen molar-refractivity contribution in [2.24, 2.45) is 0 Å². The number of pyridine rings is 1. The van der Waals surface area contributed by atoms with Crippen LogP contribution in [-0.4, -0.2) is 45.3 Å². The van der Waals surface area contributed by atoms with E-state index in [0.717, 1.165) is 48.1 Å². The Hall–Kier alpha value is -2.47. The van der Waals surface area contributed by atoms with Crippen LogP contribution in [0, 0.1) is 6.92 Å². The van der Waals surface area contributed by atoms with E-state index in [0.29, 0.717) is 12.0 Å². The van der Waals surface area contributed by atoms with Crippen LogP contribution in [-0.2, 0) is 0 Å². The van der Waals surface area contributed by atoms with Crippen LogP contribution in [0.2, 0.25) is 0 Å². The standard InChI is InChI=1S/C20H24N6/c1-13-11-16(7-8-21-13)20-19(15-3-4-15)23-17-5-6-18(24-26(17)20)25-10-9-22-14(2)12-25/h5-8,11,14-15,22H,3-4,9-10,12H2,1-2H3/t14-/m1/s1. The molecule has 3 aromatic rings. The number of imidazole rings is 1. The number of fused-ring (bicyclic) bond motifs is 1. The van der Waals surface area contributed by atoms with Gasteiger partial charge in [0.2, 0.25) is 0 Å². The summed E-state index contributed by atoms with van der Waals surface area (Å²) in [5.74, 6) is 1.60. The lowest BCUT2D eigenvalue weighted by Crippen LogP contribution is -2.49. The molecule has 2 fully saturated rings. The highest BCUT2D eigenvalue weighted by Crippen LogP contribution is 2.44. The Morgan fingerprint density at radius 1 is 1.19 bits per heavy atom. The van der Waals surface area contributed by atoms with Crippen LogP contribution in [0.25, 0.3) is 16.9 Å². The summed E-state index contributed by atoms with van der Waals surface area (Å²) < 4.78 is 2.05. The Morgan fingerprint density at radius 2 is 2.08 bits per heavy atom. The van der Waals surface area contributed by atoms with E-state index in [2.05, 4.69) is 46.4 Å². The second-order valence-corrected chi connectivity index (χ2v) is 7.57. The average molecular weight is 348 g/mol. The lowest BCUT2D eigenvalue weighted by molar-refractivity contribution is 0.481. The fraction of sp³-hybridized carbons (Fsp3) is 0.450. The quantitative estimate of drug-likeness (QED) is 0.789. The van der Waals surface area contributed by atoms with Gasteiger partial charge in [0.25, 0.3) is 0 Å². The number of nitrogens with zero attached hydrogens (tertiary/aromatic N) is 5. The van der Waals surface area contributed by atoms with E-state index in [1.807, 2.05) is 17.6 Å². The first-order valence-electron chi connectivity index (χ1n) is 9.50. The van der Waals surface area contributed by atoms with Crippen molar-refractivity contribution in [1.82, 2.24) is 24.9 Å². The molecule has 0 unspecified atom stereocenters. The third-order valence-corrected chi connectivity index (χ3v) is 5.32. The number of nitrogens with one attached hydrogen (secondary N) is 1. The summed E-state index contributed by atoms with van der Waals surface area (Å²) in [7, 11) is 0. The van der Waals surface area contributed by atoms with E-state index >= 15 is 0 Å². The molecule has 1 N–H and O–H groups in total. The topological polar surface area (TPSA) is 58.4 Å². The van der Waals surface area contributed by atoms with Gasteiger partial charge in [0.05, 0.1) is 11.4 Å². The predicted molar refractivity (Wildman–Crippen MR) is 103 cm³/mol. The monoisotopic (exact) mass is 348 g/mol. The molecule has 134 valence electrons. The number of anilines is 1. The van der Waals surface area contributed by atoms with E-state index in [-0.39, 0.29) is 0 Å². The maximum atomic E-state index is 5.00. The summed E-state index contributed by atoms with van der Waals surface area (Å²) in [6.07, 6.45) is 4.33. The minimum atomic E-state index is 0.480. The van der Waals surface area contributed by atoms with E-state index in [1.165, 1.54) is 18.5 Å². The maximum absolute atomic E-state index is 5.00. The van der Waals surface area contributed by atoms with Crippen LogP contribution in [0.1, 0.15) is 37.1 Å². The number of hydrogen-bond acceptors (Lipinski definition) is 5. The Morgan fingerprint density at radius 3 is 2.85 bits per heavy atom. The van der Waals surface area contributed by atoms with Gasteiger partial charge in [-0.15, -0.1) is 5.10 Å². The Bertz CT molecular complexity index is 958. The number of aromatic nitrogens is 4. The molecule has 1 atom stereocenters. The zero-order valence-corrected chi connectivity index (χ0v) is 15.3. The molecule has 4 heterocycles. The number of rotatable bonds is 3. The summed E-state index contributed by atoms with van der Waals surface area (Å²) >= 11 is 0. The van der Waals surface area contributed by atoms with E-state index in [4.69, 9.17) is 10.1 Å². The molecule has 5 rings (SSSR count). The maximum Gasteiger partial charge on any atom is 0.154 e. The molecular formula is C20H24N6. The predicted octanol–water partition coefficient (Wildman–Crippen LogP) is 2.78. The first-order chi connectivity index (χ1) is 12.7. The van der Waals surface area contributed by atoms with Crippen molar-refractivity contribution in [3.8, 4) is 11.3 Å². The molecule has 26 heavy (non-hydrogen) atoms. The largest absolute Gasteiger partial charge is 0.352 e. The average Bonchev–Trinajstić information content (AvgIpc) is 3.41. The summed E-state index contributed by atoms with van der Waals surface area (Å²) in [4.78, 5) is 11.6. The fourth-order valence-electron chi connectivity index (χ4n) is 3.85. The van der Waals surface area contributed by atoms with Crippen LogP contribution >= 0.6 is 0 Å². The van der Waals surface area contributed by atoms with Gasteiger partial charge in [-0.2, -0.15) is 0 Å². The first kappa shape index (κ1) is 15.8. The highest BCUT2D eigenvalue weighted by molar-refractivity contribution is 5.68. The van der Waals surface area contributed by atoms with E-state index in [9.17, 15) is 0 Å². The van der Waals surface area contributed by atoms with Crippen molar-refractivity contribution in [2.75, 3.05) is 24.5 Å². The molecule has 2 aliphatic rings. The van der Waals surface area contributed by atoms with Crippen molar-refractivity contribution in [3.63, 3.8) is 0 Å². The van der Waals surface area contributed by atoms with Crippen LogP contribution in [0.4, 0.5) is 5.82 Å². The van der Waals surface area contributed by atoms with Gasteiger partial charge in [0, 0.05) is 49.0 Å². The molecule has 1 saturated carbocycles. The van der Waals surface area contributed by atoms with Crippen molar-refractivity contribution in [3.05, 3.63) is 41.9 Å². The zero-order chi connectivity index (χ0) is 17.7.